The van der Waals surface area contributed by atoms with Crippen molar-refractivity contribution in [3.8, 4) is 11.5 Å². The van der Waals surface area contributed by atoms with Crippen molar-refractivity contribution in [3.63, 3.8) is 0 Å². The van der Waals surface area contributed by atoms with Crippen molar-refractivity contribution in [2.45, 2.75) is 12.8 Å². The van der Waals surface area contributed by atoms with E-state index in [0.717, 1.165) is 0 Å². The van der Waals surface area contributed by atoms with Gasteiger partial charge in [0.15, 0.2) is 5.78 Å². The number of halogens is 1. The fourth-order valence-corrected chi connectivity index (χ4v) is 4.13. The molecule has 0 bridgehead atoms. The number of hydrogen-bond donors (Lipinski definition) is 1. The van der Waals surface area contributed by atoms with Crippen LogP contribution in [0.1, 0.15) is 44.0 Å². The number of aromatic nitrogens is 1. The van der Waals surface area contributed by atoms with E-state index in [1.54, 1.807) is 42.3 Å². The van der Waals surface area contributed by atoms with E-state index >= 15 is 0 Å². The lowest BCUT2D eigenvalue weighted by molar-refractivity contribution is 0.0649. The average Bonchev–Trinajstić information content (AvgIpc) is 2.95. The number of pyridine rings is 1. The Hall–Kier alpha value is -4.27. The maximum atomic E-state index is 12.9. The first kappa shape index (κ1) is 25.8. The first-order chi connectivity index (χ1) is 17.9. The van der Waals surface area contributed by atoms with E-state index in [4.69, 9.17) is 9.47 Å². The lowest BCUT2D eigenvalue weighted by Gasteiger charge is -2.31. The number of nitrogens with zero attached hydrogens (tertiary/aromatic N) is 2. The predicted octanol–water partition coefficient (Wildman–Crippen LogP) is 3.77. The molecule has 1 N–H and O–H groups in total. The minimum absolute atomic E-state index is 0.0786. The van der Waals surface area contributed by atoms with Crippen molar-refractivity contribution in [2.24, 2.45) is 5.92 Å². The lowest BCUT2D eigenvalue weighted by Crippen LogP contribution is -2.40. The number of ether oxygens (including phenoxy) is 2. The number of rotatable bonds is 9. The van der Waals surface area contributed by atoms with Gasteiger partial charge in [-0.3, -0.25) is 19.4 Å². The quantitative estimate of drug-likeness (QED) is 0.351. The molecule has 0 atom stereocenters. The Bertz CT molecular complexity index is 1220. The SMILES string of the molecule is COc1ccc(C(=O)C2CCN(C(=O)c3ccc(C(=O)NCCOc4ccc(F)cc4)nc3)CC2)cc1. The minimum Gasteiger partial charge on any atom is -0.497 e. The van der Waals surface area contributed by atoms with Crippen molar-refractivity contribution in [2.75, 3.05) is 33.4 Å². The summed E-state index contributed by atoms with van der Waals surface area (Å²) in [4.78, 5) is 43.9. The molecular formula is C28H28FN3O5. The molecule has 3 aromatic rings. The van der Waals surface area contributed by atoms with Gasteiger partial charge in [0.2, 0.25) is 0 Å². The number of benzene rings is 2. The van der Waals surface area contributed by atoms with Gasteiger partial charge in [0.05, 0.1) is 19.2 Å². The van der Waals surface area contributed by atoms with Crippen molar-refractivity contribution in [1.82, 2.24) is 15.2 Å². The largest absolute Gasteiger partial charge is 0.497 e. The molecule has 0 spiro atoms. The summed E-state index contributed by atoms with van der Waals surface area (Å²) in [6.07, 6.45) is 2.57. The maximum Gasteiger partial charge on any atom is 0.269 e. The van der Waals surface area contributed by atoms with Gasteiger partial charge in [0.25, 0.3) is 11.8 Å². The summed E-state index contributed by atoms with van der Waals surface area (Å²) in [7, 11) is 1.58. The van der Waals surface area contributed by atoms with Crippen LogP contribution in [0.25, 0.3) is 0 Å². The van der Waals surface area contributed by atoms with Gasteiger partial charge in [0.1, 0.15) is 29.6 Å². The van der Waals surface area contributed by atoms with Crippen LogP contribution in [0.15, 0.2) is 66.9 Å². The number of carbonyl (C=O) groups excluding carboxylic acids is 3. The lowest BCUT2D eigenvalue weighted by atomic mass is 9.88. The Morgan fingerprint density at radius 3 is 2.22 bits per heavy atom. The third-order valence-electron chi connectivity index (χ3n) is 6.24. The van der Waals surface area contributed by atoms with E-state index in [1.165, 1.54) is 36.5 Å². The zero-order valence-electron chi connectivity index (χ0n) is 20.5. The second-order valence-electron chi connectivity index (χ2n) is 8.65. The molecule has 4 rings (SSSR count). The van der Waals surface area contributed by atoms with Crippen molar-refractivity contribution < 1.29 is 28.2 Å². The van der Waals surface area contributed by atoms with Gasteiger partial charge in [-0.2, -0.15) is 0 Å². The molecule has 192 valence electrons. The van der Waals surface area contributed by atoms with E-state index in [9.17, 15) is 18.8 Å². The number of hydrogen-bond acceptors (Lipinski definition) is 6. The van der Waals surface area contributed by atoms with Crippen molar-refractivity contribution >= 4 is 17.6 Å². The summed E-state index contributed by atoms with van der Waals surface area (Å²) in [6, 6.07) is 15.8. The van der Waals surface area contributed by atoms with Crippen LogP contribution in [0.2, 0.25) is 0 Å². The average molecular weight is 506 g/mol. The third-order valence-corrected chi connectivity index (χ3v) is 6.24. The molecule has 8 nitrogen and oxygen atoms in total. The number of ketones is 1. The molecule has 1 aromatic heterocycles. The standard InChI is InChI=1S/C28H28FN3O5/c1-36-23-7-2-19(3-8-23)26(33)20-12-15-32(16-13-20)28(35)21-4-11-25(31-18-21)27(34)30-14-17-37-24-9-5-22(29)6-10-24/h2-11,18,20H,12-17H2,1H3,(H,30,34). The van der Waals surface area contributed by atoms with Crippen LogP contribution in [0.3, 0.4) is 0 Å². The fourth-order valence-electron chi connectivity index (χ4n) is 4.13. The topological polar surface area (TPSA) is 97.8 Å². The number of nitrogens with one attached hydrogen (secondary N) is 1. The zero-order chi connectivity index (χ0) is 26.2. The summed E-state index contributed by atoms with van der Waals surface area (Å²) in [5.74, 6) is 0.235. The molecule has 1 aliphatic rings. The van der Waals surface area contributed by atoms with E-state index < -0.39 is 0 Å². The summed E-state index contributed by atoms with van der Waals surface area (Å²) >= 11 is 0. The molecule has 1 fully saturated rings. The Morgan fingerprint density at radius 2 is 1.59 bits per heavy atom. The Kier molecular flexibility index (Phi) is 8.45. The molecule has 37 heavy (non-hydrogen) atoms. The monoisotopic (exact) mass is 505 g/mol. The molecule has 0 unspecified atom stereocenters. The molecule has 2 aromatic carbocycles. The summed E-state index contributed by atoms with van der Waals surface area (Å²) in [5.41, 5.74) is 1.21. The van der Waals surface area contributed by atoms with Crippen LogP contribution in [0.5, 0.6) is 11.5 Å². The summed E-state index contributed by atoms with van der Waals surface area (Å²) < 4.78 is 23.5. The van der Waals surface area contributed by atoms with Gasteiger partial charge < -0.3 is 19.7 Å². The van der Waals surface area contributed by atoms with Crippen LogP contribution in [0, 0.1) is 11.7 Å². The van der Waals surface area contributed by atoms with E-state index in [0.29, 0.717) is 48.6 Å². The fraction of sp³-hybridized carbons (Fsp3) is 0.286. The minimum atomic E-state index is -0.389. The van der Waals surface area contributed by atoms with Crippen molar-refractivity contribution in [3.05, 3.63) is 89.5 Å². The molecule has 0 aliphatic carbocycles. The van der Waals surface area contributed by atoms with E-state index in [-0.39, 0.29) is 48.2 Å². The highest BCUT2D eigenvalue weighted by Gasteiger charge is 2.28. The maximum absolute atomic E-state index is 12.9. The molecule has 9 heteroatoms. The van der Waals surface area contributed by atoms with Crippen LogP contribution in [-0.4, -0.2) is 60.8 Å². The normalized spacial score (nSPS) is 13.6. The highest BCUT2D eigenvalue weighted by atomic mass is 19.1. The Balaban J connectivity index is 1.23. The Morgan fingerprint density at radius 1 is 0.946 bits per heavy atom. The summed E-state index contributed by atoms with van der Waals surface area (Å²) in [5, 5.41) is 2.69. The van der Waals surface area contributed by atoms with Gasteiger partial charge in [0, 0.05) is 30.8 Å². The van der Waals surface area contributed by atoms with Gasteiger partial charge in [-0.15, -0.1) is 0 Å². The second kappa shape index (κ2) is 12.1. The summed E-state index contributed by atoms with van der Waals surface area (Å²) in [6.45, 7) is 1.40. The van der Waals surface area contributed by atoms with Crippen LogP contribution in [0.4, 0.5) is 4.39 Å². The molecular weight excluding hydrogens is 477 g/mol. The van der Waals surface area contributed by atoms with Crippen LogP contribution < -0.4 is 14.8 Å². The van der Waals surface area contributed by atoms with Crippen molar-refractivity contribution in [1.29, 1.82) is 0 Å². The molecule has 0 saturated carbocycles. The molecule has 1 saturated heterocycles. The second-order valence-corrected chi connectivity index (χ2v) is 8.65. The number of carbonyl (C=O) groups is 3. The molecule has 1 aliphatic heterocycles. The number of amides is 2. The van der Waals surface area contributed by atoms with E-state index in [1.807, 2.05) is 0 Å². The van der Waals surface area contributed by atoms with Crippen LogP contribution >= 0.6 is 0 Å². The third kappa shape index (κ3) is 6.69. The van der Waals surface area contributed by atoms with Gasteiger partial charge in [-0.1, -0.05) is 0 Å². The highest BCUT2D eigenvalue weighted by molar-refractivity contribution is 5.99. The predicted molar refractivity (Wildman–Crippen MR) is 134 cm³/mol. The molecule has 0 radical (unpaired) electrons. The van der Waals surface area contributed by atoms with E-state index in [2.05, 4.69) is 10.3 Å². The first-order valence-corrected chi connectivity index (χ1v) is 12.0. The number of likely N-dealkylation sites (tertiary alicyclic amines) is 1. The number of piperidine rings is 1. The van der Waals surface area contributed by atoms with Gasteiger partial charge >= 0.3 is 0 Å². The van der Waals surface area contributed by atoms with Gasteiger partial charge in [-0.25, -0.2) is 4.39 Å². The first-order valence-electron chi connectivity index (χ1n) is 12.0. The van der Waals surface area contributed by atoms with Gasteiger partial charge in [-0.05, 0) is 73.5 Å². The molecule has 2 heterocycles. The van der Waals surface area contributed by atoms with Crippen LogP contribution in [-0.2, 0) is 0 Å². The smallest absolute Gasteiger partial charge is 0.269 e. The number of Topliss-reactive ketones (excluding diaryl/α,β-unsaturated/α-hetero) is 1. The highest BCUT2D eigenvalue weighted by Crippen LogP contribution is 2.24. The molecule has 2 amide bonds. The number of methoxy groups -OCH3 is 1. The zero-order valence-corrected chi connectivity index (χ0v) is 20.5. The Labute approximate surface area is 214 Å².